The van der Waals surface area contributed by atoms with Gasteiger partial charge < -0.3 is 14.2 Å². The maximum absolute atomic E-state index is 5.32. The van der Waals surface area contributed by atoms with Gasteiger partial charge in [0, 0.05) is 0 Å². The van der Waals surface area contributed by atoms with Crippen molar-refractivity contribution >= 4 is 15.4 Å². The first kappa shape index (κ1) is 11.9. The lowest BCUT2D eigenvalue weighted by Crippen LogP contribution is -2.15. The molecule has 3 radical (unpaired) electrons. The highest BCUT2D eigenvalue weighted by Crippen LogP contribution is 2.39. The fourth-order valence-electron chi connectivity index (χ4n) is 1.54. The zero-order valence-electron chi connectivity index (χ0n) is 9.72. The van der Waals surface area contributed by atoms with Crippen LogP contribution in [0.3, 0.4) is 0 Å². The molecule has 0 amide bonds. The first-order valence-electron chi connectivity index (χ1n) is 4.59. The Hall–Kier alpha value is -1.16. The number of rotatable bonds is 3. The van der Waals surface area contributed by atoms with E-state index in [1.807, 2.05) is 13.8 Å². The van der Waals surface area contributed by atoms with Crippen LogP contribution in [0.4, 0.5) is 0 Å². The summed E-state index contributed by atoms with van der Waals surface area (Å²) in [6, 6.07) is 0. The highest BCUT2D eigenvalue weighted by Gasteiger charge is 2.19. The minimum absolute atomic E-state index is 0.619. The smallest absolute Gasteiger partial charge is 0.203 e. The summed E-state index contributed by atoms with van der Waals surface area (Å²) in [5, 5.41) is 0.896. The molecule has 0 spiro atoms. The molecule has 0 saturated heterocycles. The van der Waals surface area contributed by atoms with Crippen LogP contribution in [0.2, 0.25) is 0 Å². The summed E-state index contributed by atoms with van der Waals surface area (Å²) in [4.78, 5) is 0. The molecule has 0 bridgehead atoms. The van der Waals surface area contributed by atoms with Crippen LogP contribution >= 0.6 is 0 Å². The van der Waals surface area contributed by atoms with Gasteiger partial charge in [-0.2, -0.15) is 0 Å². The van der Waals surface area contributed by atoms with Crippen molar-refractivity contribution < 1.29 is 14.2 Å². The van der Waals surface area contributed by atoms with Crippen LogP contribution in [-0.4, -0.2) is 31.6 Å². The number of hydrogen-bond acceptors (Lipinski definition) is 3. The van der Waals surface area contributed by atoms with Gasteiger partial charge in [-0.25, -0.2) is 0 Å². The summed E-state index contributed by atoms with van der Waals surface area (Å²) in [5.74, 6) is 2.00. The molecule has 0 fully saturated rings. The van der Waals surface area contributed by atoms with Gasteiger partial charge in [0.15, 0.2) is 11.5 Å². The van der Waals surface area contributed by atoms with Crippen molar-refractivity contribution in [3.05, 3.63) is 11.1 Å². The van der Waals surface area contributed by atoms with Gasteiger partial charge in [0.05, 0.1) is 31.6 Å². The van der Waals surface area contributed by atoms with Crippen LogP contribution < -0.4 is 19.4 Å². The lowest BCUT2D eigenvalue weighted by atomic mass is 10.1. The second-order valence-electron chi connectivity index (χ2n) is 3.22. The quantitative estimate of drug-likeness (QED) is 0.719. The minimum atomic E-state index is 0.619. The molecule has 3 nitrogen and oxygen atoms in total. The van der Waals surface area contributed by atoms with E-state index in [0.29, 0.717) is 17.2 Å². The Balaban J connectivity index is 3.59. The van der Waals surface area contributed by atoms with Crippen LogP contribution in [0.15, 0.2) is 0 Å². The lowest BCUT2D eigenvalue weighted by molar-refractivity contribution is 0.324. The van der Waals surface area contributed by atoms with E-state index >= 15 is 0 Å². The zero-order chi connectivity index (χ0) is 11.6. The molecule has 0 heterocycles. The monoisotopic (exact) mass is 223 g/mol. The molecule has 81 valence electrons. The van der Waals surface area contributed by atoms with E-state index < -0.39 is 0 Å². The third-order valence-corrected chi connectivity index (χ3v) is 3.13. The minimum Gasteiger partial charge on any atom is -0.493 e. The van der Waals surface area contributed by atoms with Gasteiger partial charge in [0.1, 0.15) is 0 Å². The van der Waals surface area contributed by atoms with Gasteiger partial charge in [-0.1, -0.05) is 0 Å². The van der Waals surface area contributed by atoms with Crippen LogP contribution in [0.25, 0.3) is 0 Å². The first-order chi connectivity index (χ1) is 7.08. The Kier molecular flexibility index (Phi) is 3.63. The van der Waals surface area contributed by atoms with Crippen molar-refractivity contribution in [1.82, 2.24) is 0 Å². The summed E-state index contributed by atoms with van der Waals surface area (Å²) in [6.45, 7) is 3.99. The largest absolute Gasteiger partial charge is 0.493 e. The summed E-state index contributed by atoms with van der Waals surface area (Å²) >= 11 is 0. The zero-order valence-corrected chi connectivity index (χ0v) is 10.7. The molecule has 0 aromatic heterocycles. The van der Waals surface area contributed by atoms with E-state index in [1.165, 1.54) is 0 Å². The number of methoxy groups -OCH3 is 3. The molecule has 0 aliphatic rings. The van der Waals surface area contributed by atoms with Gasteiger partial charge >= 0.3 is 0 Å². The molecule has 0 atom stereocenters. The van der Waals surface area contributed by atoms with E-state index in [1.54, 1.807) is 21.3 Å². The highest BCUT2D eigenvalue weighted by atomic mass is 28.1. The third kappa shape index (κ3) is 1.81. The Labute approximate surface area is 93.8 Å². The molecular weight excluding hydrogens is 208 g/mol. The van der Waals surface area contributed by atoms with Crippen LogP contribution in [-0.2, 0) is 0 Å². The molecule has 15 heavy (non-hydrogen) atoms. The normalized spacial score (nSPS) is 10.0. The SMILES string of the molecule is COc1c(C)c(C)c([Si])c(OC)c1OC. The lowest BCUT2D eigenvalue weighted by Gasteiger charge is -2.19. The second kappa shape index (κ2) is 4.57. The molecule has 0 saturated carbocycles. The standard InChI is InChI=1S/C11H15O3Si/c1-6-7(2)11(15)10(14-5)9(13-4)8(6)12-3/h1-5H3. The van der Waals surface area contributed by atoms with Crippen LogP contribution in [0.1, 0.15) is 11.1 Å². The van der Waals surface area contributed by atoms with Crippen molar-refractivity contribution in [2.24, 2.45) is 0 Å². The predicted octanol–water partition coefficient (Wildman–Crippen LogP) is 1.12. The summed E-state index contributed by atoms with van der Waals surface area (Å²) in [7, 11) is 8.37. The van der Waals surface area contributed by atoms with Crippen LogP contribution in [0.5, 0.6) is 17.2 Å². The topological polar surface area (TPSA) is 27.7 Å². The molecule has 1 aromatic carbocycles. The molecule has 0 N–H and O–H groups in total. The third-order valence-electron chi connectivity index (χ3n) is 2.53. The molecule has 0 aliphatic heterocycles. The number of benzene rings is 1. The van der Waals surface area contributed by atoms with Crippen molar-refractivity contribution in [2.75, 3.05) is 21.3 Å². The predicted molar refractivity (Wildman–Crippen MR) is 61.0 cm³/mol. The highest BCUT2D eigenvalue weighted by molar-refractivity contribution is 6.36. The maximum atomic E-state index is 5.32. The van der Waals surface area contributed by atoms with Gasteiger partial charge in [0.25, 0.3) is 0 Å². The Morgan fingerprint density at radius 1 is 0.733 bits per heavy atom. The summed E-state index contributed by atoms with van der Waals surface area (Å²) < 4.78 is 15.9. The number of hydrogen-bond donors (Lipinski definition) is 0. The van der Waals surface area contributed by atoms with Gasteiger partial charge in [-0.3, -0.25) is 0 Å². The van der Waals surface area contributed by atoms with Gasteiger partial charge in [0.2, 0.25) is 5.75 Å². The molecule has 0 unspecified atom stereocenters. The second-order valence-corrected chi connectivity index (χ2v) is 3.72. The first-order valence-corrected chi connectivity index (χ1v) is 5.09. The maximum Gasteiger partial charge on any atom is 0.203 e. The Morgan fingerprint density at radius 2 is 1.20 bits per heavy atom. The number of ether oxygens (including phenoxy) is 3. The summed E-state index contributed by atoms with van der Waals surface area (Å²) in [6.07, 6.45) is 0. The van der Waals surface area contributed by atoms with Crippen molar-refractivity contribution in [3.8, 4) is 17.2 Å². The van der Waals surface area contributed by atoms with Crippen LogP contribution in [0, 0.1) is 13.8 Å². The average Bonchev–Trinajstić information content (AvgIpc) is 2.25. The molecular formula is C11H15O3Si. The molecule has 4 heteroatoms. The van der Waals surface area contributed by atoms with E-state index in [9.17, 15) is 0 Å². The average molecular weight is 223 g/mol. The van der Waals surface area contributed by atoms with E-state index in [2.05, 4.69) is 10.2 Å². The summed E-state index contributed by atoms with van der Waals surface area (Å²) in [5.41, 5.74) is 2.13. The van der Waals surface area contributed by atoms with Crippen molar-refractivity contribution in [3.63, 3.8) is 0 Å². The van der Waals surface area contributed by atoms with E-state index in [4.69, 9.17) is 14.2 Å². The molecule has 0 aliphatic carbocycles. The van der Waals surface area contributed by atoms with Crippen molar-refractivity contribution in [2.45, 2.75) is 13.8 Å². The molecule has 1 aromatic rings. The Morgan fingerprint density at radius 3 is 1.60 bits per heavy atom. The Bertz CT molecular complexity index is 344. The fraction of sp³-hybridized carbons (Fsp3) is 0.455. The van der Waals surface area contributed by atoms with E-state index in [-0.39, 0.29) is 0 Å². The molecule has 1 rings (SSSR count). The van der Waals surface area contributed by atoms with Gasteiger partial charge in [-0.05, 0) is 30.2 Å². The van der Waals surface area contributed by atoms with Crippen molar-refractivity contribution in [1.29, 1.82) is 0 Å². The fourth-order valence-corrected chi connectivity index (χ4v) is 1.94. The van der Waals surface area contributed by atoms with Gasteiger partial charge in [-0.15, -0.1) is 0 Å². The van der Waals surface area contributed by atoms with E-state index in [0.717, 1.165) is 16.3 Å².